The molecule has 0 aromatic heterocycles. The van der Waals surface area contributed by atoms with Crippen molar-refractivity contribution in [2.24, 2.45) is 5.41 Å². The lowest BCUT2D eigenvalue weighted by atomic mass is 9.65. The summed E-state index contributed by atoms with van der Waals surface area (Å²) in [4.78, 5) is 11.0. The number of benzene rings is 1. The molecule has 1 aliphatic carbocycles. The average molecular weight is 217 g/mol. The van der Waals surface area contributed by atoms with Crippen molar-refractivity contribution in [3.05, 3.63) is 35.9 Å². The van der Waals surface area contributed by atoms with E-state index in [-0.39, 0.29) is 5.91 Å². The topological polar surface area (TPSA) is 29.1 Å². The zero-order valence-electron chi connectivity index (χ0n) is 9.83. The lowest BCUT2D eigenvalue weighted by Gasteiger charge is -2.42. The highest BCUT2D eigenvalue weighted by molar-refractivity contribution is 5.72. The fraction of sp³-hybridized carbons (Fsp3) is 0.500. The maximum atomic E-state index is 11.0. The Morgan fingerprint density at radius 3 is 2.50 bits per heavy atom. The number of carbonyl (C=O) groups excluding carboxylic acids is 1. The molecule has 1 aliphatic rings. The monoisotopic (exact) mass is 217 g/mol. The Morgan fingerprint density at radius 2 is 2.00 bits per heavy atom. The average Bonchev–Trinajstić information content (AvgIpc) is 2.23. The van der Waals surface area contributed by atoms with Gasteiger partial charge in [0.25, 0.3) is 0 Å². The van der Waals surface area contributed by atoms with Gasteiger partial charge in [0.1, 0.15) is 0 Å². The van der Waals surface area contributed by atoms with Crippen LogP contribution in [0.2, 0.25) is 0 Å². The molecule has 1 saturated carbocycles. The minimum absolute atomic E-state index is 0.0827. The summed E-state index contributed by atoms with van der Waals surface area (Å²) in [6, 6.07) is 10.6. The summed E-state index contributed by atoms with van der Waals surface area (Å²) >= 11 is 0. The molecule has 0 saturated heterocycles. The van der Waals surface area contributed by atoms with Gasteiger partial charge in [0.2, 0.25) is 5.91 Å². The number of nitrogens with one attached hydrogen (secondary N) is 1. The Morgan fingerprint density at radius 1 is 1.31 bits per heavy atom. The van der Waals surface area contributed by atoms with Crippen molar-refractivity contribution in [1.82, 2.24) is 5.32 Å². The van der Waals surface area contributed by atoms with E-state index in [2.05, 4.69) is 29.6 Å². The molecular formula is C14H19NO. The van der Waals surface area contributed by atoms with Crippen LogP contribution in [0.15, 0.2) is 30.3 Å². The van der Waals surface area contributed by atoms with Gasteiger partial charge in [-0.1, -0.05) is 36.8 Å². The van der Waals surface area contributed by atoms with Crippen molar-refractivity contribution in [3.63, 3.8) is 0 Å². The molecule has 1 amide bonds. The lowest BCUT2D eigenvalue weighted by molar-refractivity contribution is -0.119. The Hall–Kier alpha value is -1.31. The molecule has 2 rings (SSSR count). The molecule has 0 bridgehead atoms. The summed E-state index contributed by atoms with van der Waals surface area (Å²) in [7, 11) is 0. The van der Waals surface area contributed by atoms with E-state index in [0.717, 1.165) is 13.0 Å². The van der Waals surface area contributed by atoms with Crippen molar-refractivity contribution in [3.8, 4) is 0 Å². The van der Waals surface area contributed by atoms with Crippen LogP contribution in [0.25, 0.3) is 0 Å². The van der Waals surface area contributed by atoms with Gasteiger partial charge in [0.05, 0.1) is 0 Å². The predicted octanol–water partition coefficient (Wildman–Crippen LogP) is 2.54. The van der Waals surface area contributed by atoms with E-state index in [1.807, 2.05) is 6.07 Å². The van der Waals surface area contributed by atoms with Gasteiger partial charge in [-0.15, -0.1) is 0 Å². The number of hydrogen-bond donors (Lipinski definition) is 1. The van der Waals surface area contributed by atoms with Crippen LogP contribution in [0.1, 0.15) is 31.7 Å². The molecule has 2 nitrogen and oxygen atoms in total. The highest BCUT2D eigenvalue weighted by Gasteiger charge is 2.36. The smallest absolute Gasteiger partial charge is 0.216 e. The van der Waals surface area contributed by atoms with Gasteiger partial charge in [0.15, 0.2) is 0 Å². The highest BCUT2D eigenvalue weighted by atomic mass is 16.1. The van der Waals surface area contributed by atoms with Crippen LogP contribution < -0.4 is 5.32 Å². The quantitative estimate of drug-likeness (QED) is 0.825. The lowest BCUT2D eigenvalue weighted by Crippen LogP contribution is -2.43. The first kappa shape index (κ1) is 11.2. The van der Waals surface area contributed by atoms with Crippen molar-refractivity contribution in [2.75, 3.05) is 6.54 Å². The van der Waals surface area contributed by atoms with E-state index in [1.54, 1.807) is 6.92 Å². The predicted molar refractivity (Wildman–Crippen MR) is 65.1 cm³/mol. The Labute approximate surface area is 97.1 Å². The summed E-state index contributed by atoms with van der Waals surface area (Å²) in [5.41, 5.74) is 1.71. The third kappa shape index (κ3) is 2.63. The van der Waals surface area contributed by atoms with Gasteiger partial charge in [-0.3, -0.25) is 4.79 Å². The Kier molecular flexibility index (Phi) is 3.28. The van der Waals surface area contributed by atoms with Gasteiger partial charge in [-0.05, 0) is 30.2 Å². The van der Waals surface area contributed by atoms with Crippen LogP contribution in [-0.4, -0.2) is 12.5 Å². The largest absolute Gasteiger partial charge is 0.356 e. The molecular weight excluding hydrogens is 198 g/mol. The molecule has 0 radical (unpaired) electrons. The first-order valence-corrected chi connectivity index (χ1v) is 5.99. The van der Waals surface area contributed by atoms with Gasteiger partial charge in [-0.25, -0.2) is 0 Å². The van der Waals surface area contributed by atoms with E-state index in [1.165, 1.54) is 24.8 Å². The number of hydrogen-bond acceptors (Lipinski definition) is 1. The van der Waals surface area contributed by atoms with Crippen molar-refractivity contribution in [2.45, 2.75) is 32.6 Å². The summed E-state index contributed by atoms with van der Waals surface area (Å²) in [6.07, 6.45) is 4.87. The molecule has 0 heterocycles. The first-order chi connectivity index (χ1) is 7.70. The number of carbonyl (C=O) groups is 1. The third-order valence-corrected chi connectivity index (χ3v) is 3.55. The summed E-state index contributed by atoms with van der Waals surface area (Å²) in [5, 5.41) is 2.97. The van der Waals surface area contributed by atoms with E-state index >= 15 is 0 Å². The van der Waals surface area contributed by atoms with E-state index < -0.39 is 0 Å². The zero-order chi connectivity index (χ0) is 11.4. The second-order valence-electron chi connectivity index (χ2n) is 4.93. The molecule has 1 aromatic carbocycles. The molecule has 0 aliphatic heterocycles. The van der Waals surface area contributed by atoms with Crippen LogP contribution in [-0.2, 0) is 11.2 Å². The molecule has 0 unspecified atom stereocenters. The van der Waals surface area contributed by atoms with Crippen molar-refractivity contribution >= 4 is 5.91 Å². The van der Waals surface area contributed by atoms with Crippen molar-refractivity contribution < 1.29 is 4.79 Å². The van der Waals surface area contributed by atoms with Crippen LogP contribution in [0.4, 0.5) is 0 Å². The molecule has 0 atom stereocenters. The van der Waals surface area contributed by atoms with E-state index in [0.29, 0.717) is 5.41 Å². The normalized spacial score (nSPS) is 17.6. The standard InChI is InChI=1S/C14H19NO/c1-12(16)15-11-14(8-5-9-14)10-13-6-3-2-4-7-13/h2-4,6-7H,5,8-11H2,1H3,(H,15,16). The minimum atomic E-state index is 0.0827. The maximum absolute atomic E-state index is 11.0. The summed E-state index contributed by atoms with van der Waals surface area (Å²) in [5.74, 6) is 0.0827. The van der Waals surface area contributed by atoms with Crippen LogP contribution >= 0.6 is 0 Å². The van der Waals surface area contributed by atoms with Crippen molar-refractivity contribution in [1.29, 1.82) is 0 Å². The summed E-state index contributed by atoms with van der Waals surface area (Å²) in [6.45, 7) is 2.42. The third-order valence-electron chi connectivity index (χ3n) is 3.55. The van der Waals surface area contributed by atoms with E-state index in [4.69, 9.17) is 0 Å². The van der Waals surface area contributed by atoms with E-state index in [9.17, 15) is 4.79 Å². The molecule has 2 heteroatoms. The maximum Gasteiger partial charge on any atom is 0.216 e. The van der Waals surface area contributed by atoms with Gasteiger partial charge >= 0.3 is 0 Å². The minimum Gasteiger partial charge on any atom is -0.356 e. The van der Waals surface area contributed by atoms with Crippen LogP contribution in [0, 0.1) is 5.41 Å². The molecule has 1 N–H and O–H groups in total. The molecule has 16 heavy (non-hydrogen) atoms. The molecule has 1 aromatic rings. The van der Waals surface area contributed by atoms with Gasteiger partial charge < -0.3 is 5.32 Å². The van der Waals surface area contributed by atoms with Crippen LogP contribution in [0.5, 0.6) is 0 Å². The number of rotatable bonds is 4. The molecule has 0 spiro atoms. The Bertz CT molecular complexity index is 354. The molecule has 86 valence electrons. The van der Waals surface area contributed by atoms with Gasteiger partial charge in [0, 0.05) is 13.5 Å². The first-order valence-electron chi connectivity index (χ1n) is 5.99. The fourth-order valence-corrected chi connectivity index (χ4v) is 2.43. The second kappa shape index (κ2) is 4.69. The number of amides is 1. The summed E-state index contributed by atoms with van der Waals surface area (Å²) < 4.78 is 0. The highest BCUT2D eigenvalue weighted by Crippen LogP contribution is 2.43. The zero-order valence-corrected chi connectivity index (χ0v) is 9.83. The van der Waals surface area contributed by atoms with Crippen LogP contribution in [0.3, 0.4) is 0 Å². The SMILES string of the molecule is CC(=O)NCC1(Cc2ccccc2)CCC1. The Balaban J connectivity index is 1.97. The van der Waals surface area contributed by atoms with Gasteiger partial charge in [-0.2, -0.15) is 0 Å². The fourth-order valence-electron chi connectivity index (χ4n) is 2.43. The molecule has 1 fully saturated rings. The second-order valence-corrected chi connectivity index (χ2v) is 4.93.